The van der Waals surface area contributed by atoms with E-state index in [2.05, 4.69) is 0 Å². The largest absolute Gasteiger partial charge is 0.508 e. The molecule has 0 bridgehead atoms. The summed E-state index contributed by atoms with van der Waals surface area (Å²) in [6, 6.07) is 11.7. The highest BCUT2D eigenvalue weighted by molar-refractivity contribution is 5.93. The number of anilines is 1. The van der Waals surface area contributed by atoms with Crippen molar-refractivity contribution in [3.8, 4) is 11.5 Å². The number of aromatic hydroxyl groups is 1. The lowest BCUT2D eigenvalue weighted by Crippen LogP contribution is -2.31. The Morgan fingerprint density at radius 3 is 2.35 bits per heavy atom. The maximum atomic E-state index is 12.7. The zero-order valence-corrected chi connectivity index (χ0v) is 10.9. The van der Waals surface area contributed by atoms with E-state index >= 15 is 0 Å². The van der Waals surface area contributed by atoms with Crippen LogP contribution in [0, 0.1) is 5.82 Å². The normalized spacial score (nSPS) is 10.1. The van der Waals surface area contributed by atoms with Crippen molar-refractivity contribution in [3.05, 3.63) is 54.3 Å². The minimum atomic E-state index is -0.357. The highest BCUT2D eigenvalue weighted by Crippen LogP contribution is 2.17. The van der Waals surface area contributed by atoms with Crippen molar-refractivity contribution < 1.29 is 19.0 Å². The molecule has 2 rings (SSSR count). The summed E-state index contributed by atoms with van der Waals surface area (Å²) < 4.78 is 18.0. The first-order chi connectivity index (χ1) is 9.56. The zero-order chi connectivity index (χ0) is 14.5. The van der Waals surface area contributed by atoms with Gasteiger partial charge in [-0.2, -0.15) is 0 Å². The zero-order valence-electron chi connectivity index (χ0n) is 10.9. The summed E-state index contributed by atoms with van der Waals surface area (Å²) in [7, 11) is 1.61. The molecule has 0 saturated heterocycles. The standard InChI is InChI=1S/C15H14FNO3/c1-17(12-4-6-13(18)7-5-12)15(19)10-20-14-8-2-11(16)3-9-14/h2-9,18H,10H2,1H3. The van der Waals surface area contributed by atoms with Crippen molar-refractivity contribution in [2.45, 2.75) is 0 Å². The predicted molar refractivity (Wildman–Crippen MR) is 73.4 cm³/mol. The Labute approximate surface area is 116 Å². The van der Waals surface area contributed by atoms with Crippen LogP contribution in [0.15, 0.2) is 48.5 Å². The number of phenolic OH excluding ortho intramolecular Hbond substituents is 1. The first-order valence-corrected chi connectivity index (χ1v) is 6.00. The van der Waals surface area contributed by atoms with Gasteiger partial charge in [-0.05, 0) is 48.5 Å². The van der Waals surface area contributed by atoms with E-state index in [-0.39, 0.29) is 24.1 Å². The summed E-state index contributed by atoms with van der Waals surface area (Å²) in [5.41, 5.74) is 0.649. The Balaban J connectivity index is 1.94. The van der Waals surface area contributed by atoms with Gasteiger partial charge in [0.15, 0.2) is 6.61 Å². The smallest absolute Gasteiger partial charge is 0.264 e. The second kappa shape index (κ2) is 6.06. The van der Waals surface area contributed by atoms with Crippen LogP contribution >= 0.6 is 0 Å². The average molecular weight is 275 g/mol. The number of amides is 1. The van der Waals surface area contributed by atoms with E-state index in [0.717, 1.165) is 0 Å². The molecule has 0 aliphatic carbocycles. The van der Waals surface area contributed by atoms with Crippen LogP contribution < -0.4 is 9.64 Å². The van der Waals surface area contributed by atoms with E-state index in [1.54, 1.807) is 19.2 Å². The maximum Gasteiger partial charge on any atom is 0.264 e. The van der Waals surface area contributed by atoms with Gasteiger partial charge < -0.3 is 14.7 Å². The van der Waals surface area contributed by atoms with Crippen LogP contribution in [0.25, 0.3) is 0 Å². The number of hydrogen-bond acceptors (Lipinski definition) is 3. The third kappa shape index (κ3) is 3.47. The van der Waals surface area contributed by atoms with E-state index in [9.17, 15) is 14.3 Å². The molecule has 0 saturated carbocycles. The van der Waals surface area contributed by atoms with Crippen LogP contribution in [0.2, 0.25) is 0 Å². The number of halogens is 1. The molecule has 0 aliphatic rings. The van der Waals surface area contributed by atoms with Crippen LogP contribution in [0.3, 0.4) is 0 Å². The minimum absolute atomic E-state index is 0.136. The Hall–Kier alpha value is -2.56. The molecule has 5 heteroatoms. The van der Waals surface area contributed by atoms with Gasteiger partial charge >= 0.3 is 0 Å². The fourth-order valence-corrected chi connectivity index (χ4v) is 1.59. The molecule has 0 heterocycles. The van der Waals surface area contributed by atoms with Crippen LogP contribution in [-0.4, -0.2) is 24.7 Å². The van der Waals surface area contributed by atoms with Crippen molar-refractivity contribution in [1.82, 2.24) is 0 Å². The molecule has 0 fully saturated rings. The fourth-order valence-electron chi connectivity index (χ4n) is 1.59. The molecule has 20 heavy (non-hydrogen) atoms. The van der Waals surface area contributed by atoms with Gasteiger partial charge in [0.25, 0.3) is 5.91 Å². The van der Waals surface area contributed by atoms with Crippen LogP contribution in [0.5, 0.6) is 11.5 Å². The van der Waals surface area contributed by atoms with Crippen molar-refractivity contribution >= 4 is 11.6 Å². The number of phenols is 1. The number of likely N-dealkylation sites (N-methyl/N-ethyl adjacent to an activating group) is 1. The number of carbonyl (C=O) groups is 1. The second-order valence-corrected chi connectivity index (χ2v) is 4.21. The molecular formula is C15H14FNO3. The van der Waals surface area contributed by atoms with E-state index in [4.69, 9.17) is 4.74 Å². The van der Waals surface area contributed by atoms with Crippen LogP contribution in [0.4, 0.5) is 10.1 Å². The van der Waals surface area contributed by atoms with Crippen molar-refractivity contribution in [3.63, 3.8) is 0 Å². The second-order valence-electron chi connectivity index (χ2n) is 4.21. The topological polar surface area (TPSA) is 49.8 Å². The Morgan fingerprint density at radius 2 is 1.75 bits per heavy atom. The molecular weight excluding hydrogens is 261 g/mol. The lowest BCUT2D eigenvalue weighted by atomic mass is 10.3. The van der Waals surface area contributed by atoms with Gasteiger partial charge in [0.2, 0.25) is 0 Å². The van der Waals surface area contributed by atoms with Gasteiger partial charge in [-0.25, -0.2) is 4.39 Å². The summed E-state index contributed by atoms with van der Waals surface area (Å²) in [6.07, 6.45) is 0. The molecule has 0 aliphatic heterocycles. The van der Waals surface area contributed by atoms with Gasteiger partial charge in [-0.3, -0.25) is 4.79 Å². The third-order valence-corrected chi connectivity index (χ3v) is 2.79. The van der Waals surface area contributed by atoms with Crippen LogP contribution in [-0.2, 0) is 4.79 Å². The molecule has 0 spiro atoms. The SMILES string of the molecule is CN(C(=O)COc1ccc(F)cc1)c1ccc(O)cc1. The quantitative estimate of drug-likeness (QED) is 0.933. The first kappa shape index (κ1) is 13.9. The molecule has 1 N–H and O–H groups in total. The number of carbonyl (C=O) groups excluding carboxylic acids is 1. The van der Waals surface area contributed by atoms with Gasteiger partial charge in [0.1, 0.15) is 17.3 Å². The number of rotatable bonds is 4. The van der Waals surface area contributed by atoms with Crippen molar-refractivity contribution in [1.29, 1.82) is 0 Å². The molecule has 0 aromatic heterocycles. The highest BCUT2D eigenvalue weighted by Gasteiger charge is 2.11. The Bertz CT molecular complexity index is 581. The molecule has 4 nitrogen and oxygen atoms in total. The van der Waals surface area contributed by atoms with Crippen molar-refractivity contribution in [2.24, 2.45) is 0 Å². The van der Waals surface area contributed by atoms with Gasteiger partial charge in [-0.15, -0.1) is 0 Å². The summed E-state index contributed by atoms with van der Waals surface area (Å²) in [5, 5.41) is 9.19. The fraction of sp³-hybridized carbons (Fsp3) is 0.133. The van der Waals surface area contributed by atoms with Crippen molar-refractivity contribution in [2.75, 3.05) is 18.6 Å². The molecule has 0 unspecified atom stereocenters. The monoisotopic (exact) mass is 275 g/mol. The summed E-state index contributed by atoms with van der Waals surface area (Å²) in [6.45, 7) is -0.150. The lowest BCUT2D eigenvalue weighted by Gasteiger charge is -2.17. The number of ether oxygens (including phenoxy) is 1. The molecule has 1 amide bonds. The van der Waals surface area contributed by atoms with E-state index < -0.39 is 0 Å². The molecule has 0 atom stereocenters. The van der Waals surface area contributed by atoms with E-state index in [1.807, 2.05) is 0 Å². The summed E-state index contributed by atoms with van der Waals surface area (Å²) >= 11 is 0. The highest BCUT2D eigenvalue weighted by atomic mass is 19.1. The summed E-state index contributed by atoms with van der Waals surface area (Å²) in [5.74, 6) is -0.0408. The molecule has 104 valence electrons. The molecule has 0 radical (unpaired) electrons. The lowest BCUT2D eigenvalue weighted by molar-refractivity contribution is -0.120. The molecule has 2 aromatic rings. The van der Waals surface area contributed by atoms with Gasteiger partial charge in [-0.1, -0.05) is 0 Å². The van der Waals surface area contributed by atoms with E-state index in [0.29, 0.717) is 11.4 Å². The Kier molecular flexibility index (Phi) is 4.20. The number of benzene rings is 2. The maximum absolute atomic E-state index is 12.7. The van der Waals surface area contributed by atoms with Crippen LogP contribution in [0.1, 0.15) is 0 Å². The number of nitrogens with zero attached hydrogens (tertiary/aromatic N) is 1. The third-order valence-electron chi connectivity index (χ3n) is 2.79. The Morgan fingerprint density at radius 1 is 1.15 bits per heavy atom. The van der Waals surface area contributed by atoms with E-state index in [1.165, 1.54) is 41.3 Å². The first-order valence-electron chi connectivity index (χ1n) is 6.00. The summed E-state index contributed by atoms with van der Waals surface area (Å²) in [4.78, 5) is 13.4. The number of hydrogen-bond donors (Lipinski definition) is 1. The predicted octanol–water partition coefficient (Wildman–Crippen LogP) is 2.57. The van der Waals surface area contributed by atoms with Gasteiger partial charge in [0, 0.05) is 12.7 Å². The average Bonchev–Trinajstić information content (AvgIpc) is 2.46. The minimum Gasteiger partial charge on any atom is -0.508 e. The van der Waals surface area contributed by atoms with Gasteiger partial charge in [0.05, 0.1) is 0 Å². The molecule has 2 aromatic carbocycles.